The molecule has 0 spiro atoms. The van der Waals surface area contributed by atoms with Gasteiger partial charge in [-0.15, -0.1) is 0 Å². The van der Waals surface area contributed by atoms with Crippen molar-refractivity contribution in [2.75, 3.05) is 50.8 Å². The number of benzene rings is 1. The Kier molecular flexibility index (Phi) is 7.16. The normalized spacial score (nSPS) is 25.1. The lowest BCUT2D eigenvalue weighted by Crippen LogP contribution is -2.57. The zero-order valence-corrected chi connectivity index (χ0v) is 24.3. The van der Waals surface area contributed by atoms with E-state index in [9.17, 15) is 18.4 Å². The van der Waals surface area contributed by atoms with Gasteiger partial charge in [-0.25, -0.2) is 18.2 Å². The highest BCUT2D eigenvalue weighted by Gasteiger charge is 2.49. The van der Waals surface area contributed by atoms with Crippen LogP contribution in [0.25, 0.3) is 11.3 Å². The smallest absolute Gasteiger partial charge is 0.261 e. The lowest BCUT2D eigenvalue weighted by Gasteiger charge is -2.40. The molecule has 5 heterocycles. The Morgan fingerprint density at radius 1 is 1.17 bits per heavy atom. The SMILES string of the molecule is C=CC(=O)N1CCN2C(=O)c3c(N4CC(N5CCC(F)(F)C5)CC4(C)C)nc(-c4ccccc4F)c(Cl)c3OC[C@H]2C1. The Hall–Kier alpha value is -3.31. The number of halogens is 4. The van der Waals surface area contributed by atoms with E-state index in [-0.39, 0.29) is 90.5 Å². The van der Waals surface area contributed by atoms with Crippen molar-refractivity contribution in [3.63, 3.8) is 0 Å². The quantitative estimate of drug-likeness (QED) is 0.481. The highest BCUT2D eigenvalue weighted by atomic mass is 35.5. The predicted octanol–water partition coefficient (Wildman–Crippen LogP) is 4.47. The van der Waals surface area contributed by atoms with Crippen molar-refractivity contribution in [1.82, 2.24) is 19.7 Å². The third-order valence-corrected chi connectivity index (χ3v) is 9.25. The molecule has 8 nitrogen and oxygen atoms in total. The molecular weight excluding hydrogens is 571 g/mol. The van der Waals surface area contributed by atoms with E-state index < -0.39 is 23.3 Å². The van der Waals surface area contributed by atoms with Crippen LogP contribution in [0.15, 0.2) is 36.9 Å². The predicted molar refractivity (Wildman–Crippen MR) is 153 cm³/mol. The maximum atomic E-state index is 15.1. The van der Waals surface area contributed by atoms with Gasteiger partial charge in [0, 0.05) is 56.3 Å². The van der Waals surface area contributed by atoms with E-state index in [0.717, 1.165) is 0 Å². The average Bonchev–Trinajstić information content (AvgIpc) is 3.44. The van der Waals surface area contributed by atoms with E-state index in [4.69, 9.17) is 21.3 Å². The van der Waals surface area contributed by atoms with Gasteiger partial charge in [-0.3, -0.25) is 14.5 Å². The molecule has 12 heteroatoms. The number of rotatable bonds is 4. The van der Waals surface area contributed by atoms with Crippen LogP contribution in [0.4, 0.5) is 19.0 Å². The number of piperazine rings is 1. The number of nitrogens with zero attached hydrogens (tertiary/aromatic N) is 5. The fraction of sp³-hybridized carbons (Fsp3) is 0.500. The monoisotopic (exact) mass is 603 g/mol. The number of pyridine rings is 1. The Balaban J connectivity index is 1.46. The standard InChI is InChI=1S/C30H33ClF3N5O3/c1-4-22(40)36-11-12-38-19(14-36)16-42-26-23(28(38)41)27(35-25(24(26)31)20-7-5-6-8-21(20)32)39-15-18(13-29(39,2)3)37-10-9-30(33,34)17-37/h4-8,18-19H,1,9-17H2,2-3H3/t18?,19-/m1/s1. The summed E-state index contributed by atoms with van der Waals surface area (Å²) >= 11 is 6.87. The summed E-state index contributed by atoms with van der Waals surface area (Å²) in [6, 6.07) is 5.45. The molecule has 42 heavy (non-hydrogen) atoms. The highest BCUT2D eigenvalue weighted by Crippen LogP contribution is 2.47. The first-order valence-electron chi connectivity index (χ1n) is 14.1. The number of hydrogen-bond acceptors (Lipinski definition) is 6. The highest BCUT2D eigenvalue weighted by molar-refractivity contribution is 6.35. The van der Waals surface area contributed by atoms with Crippen molar-refractivity contribution < 1.29 is 27.5 Å². The van der Waals surface area contributed by atoms with Crippen molar-refractivity contribution >= 4 is 29.2 Å². The molecule has 2 amide bonds. The topological polar surface area (TPSA) is 69.2 Å². The van der Waals surface area contributed by atoms with Crippen LogP contribution in [-0.2, 0) is 4.79 Å². The van der Waals surface area contributed by atoms with Gasteiger partial charge in [0.2, 0.25) is 5.91 Å². The molecule has 0 bridgehead atoms. The van der Waals surface area contributed by atoms with E-state index in [2.05, 4.69) is 6.58 Å². The average molecular weight is 604 g/mol. The Labute approximate surface area is 247 Å². The minimum atomic E-state index is -2.74. The van der Waals surface area contributed by atoms with Crippen molar-refractivity contribution in [2.45, 2.75) is 50.2 Å². The molecule has 2 aromatic rings. The van der Waals surface area contributed by atoms with Gasteiger partial charge in [-0.1, -0.05) is 30.3 Å². The lowest BCUT2D eigenvalue weighted by molar-refractivity contribution is -0.128. The van der Waals surface area contributed by atoms with Crippen LogP contribution in [0, 0.1) is 5.82 Å². The second-order valence-corrected chi connectivity index (χ2v) is 12.5. The number of likely N-dealkylation sites (tertiary alicyclic amines) is 1. The number of fused-ring (bicyclic) bond motifs is 2. The summed E-state index contributed by atoms with van der Waals surface area (Å²) in [5.74, 6) is -3.47. The van der Waals surface area contributed by atoms with Crippen LogP contribution in [0.1, 0.15) is 37.0 Å². The molecule has 0 saturated carbocycles. The molecule has 0 radical (unpaired) electrons. The zero-order chi connectivity index (χ0) is 30.0. The molecule has 4 aliphatic heterocycles. The van der Waals surface area contributed by atoms with Crippen molar-refractivity contribution in [3.8, 4) is 17.0 Å². The van der Waals surface area contributed by atoms with Gasteiger partial charge in [-0.2, -0.15) is 0 Å². The first-order chi connectivity index (χ1) is 19.9. The second-order valence-electron chi connectivity index (χ2n) is 12.1. The van der Waals surface area contributed by atoms with E-state index in [1.54, 1.807) is 32.9 Å². The number of aromatic nitrogens is 1. The maximum Gasteiger partial charge on any atom is 0.261 e. The van der Waals surface area contributed by atoms with Crippen molar-refractivity contribution in [3.05, 3.63) is 53.3 Å². The molecular formula is C30H33ClF3N5O3. The molecule has 0 N–H and O–H groups in total. The van der Waals surface area contributed by atoms with Gasteiger partial charge >= 0.3 is 0 Å². The third-order valence-electron chi connectivity index (χ3n) is 8.90. The minimum absolute atomic E-state index is 0.0128. The molecule has 6 rings (SSSR count). The summed E-state index contributed by atoms with van der Waals surface area (Å²) in [4.78, 5) is 38.5. The van der Waals surface area contributed by atoms with Crippen LogP contribution in [0.5, 0.6) is 5.75 Å². The van der Waals surface area contributed by atoms with E-state index >= 15 is 4.39 Å². The molecule has 224 valence electrons. The first-order valence-corrected chi connectivity index (χ1v) is 14.5. The summed E-state index contributed by atoms with van der Waals surface area (Å²) < 4.78 is 49.6. The summed E-state index contributed by atoms with van der Waals surface area (Å²) in [7, 11) is 0. The second kappa shape index (κ2) is 10.4. The van der Waals surface area contributed by atoms with Gasteiger partial charge in [0.25, 0.3) is 11.8 Å². The summed E-state index contributed by atoms with van der Waals surface area (Å²) in [6.07, 6.45) is 1.62. The maximum absolute atomic E-state index is 15.1. The molecule has 2 atom stereocenters. The minimum Gasteiger partial charge on any atom is -0.489 e. The number of ether oxygens (including phenoxy) is 1. The largest absolute Gasteiger partial charge is 0.489 e. The number of carbonyl (C=O) groups is 2. The van der Waals surface area contributed by atoms with Gasteiger partial charge in [0.05, 0.1) is 18.3 Å². The number of carbonyl (C=O) groups excluding carboxylic acids is 2. The Bertz CT molecular complexity index is 1450. The Morgan fingerprint density at radius 2 is 1.93 bits per heavy atom. The molecule has 3 fully saturated rings. The van der Waals surface area contributed by atoms with E-state index in [1.165, 1.54) is 12.1 Å². The van der Waals surface area contributed by atoms with Gasteiger partial charge < -0.3 is 19.4 Å². The summed E-state index contributed by atoms with van der Waals surface area (Å²) in [6.45, 7) is 8.76. The summed E-state index contributed by atoms with van der Waals surface area (Å²) in [5.41, 5.74) is -0.136. The molecule has 1 aromatic carbocycles. The van der Waals surface area contributed by atoms with Crippen molar-refractivity contribution in [1.29, 1.82) is 0 Å². The lowest BCUT2D eigenvalue weighted by atomic mass is 9.98. The van der Waals surface area contributed by atoms with E-state index in [0.29, 0.717) is 19.5 Å². The van der Waals surface area contributed by atoms with Gasteiger partial charge in [0.15, 0.2) is 5.75 Å². The zero-order valence-electron chi connectivity index (χ0n) is 23.6. The number of alkyl halides is 2. The van der Waals surface area contributed by atoms with Gasteiger partial charge in [0.1, 0.15) is 28.8 Å². The van der Waals surface area contributed by atoms with Crippen LogP contribution < -0.4 is 9.64 Å². The molecule has 4 aliphatic rings. The molecule has 3 saturated heterocycles. The molecule has 1 aromatic heterocycles. The fourth-order valence-corrected chi connectivity index (χ4v) is 7.00. The molecule has 1 unspecified atom stereocenters. The first kappa shape index (κ1) is 28.8. The number of amides is 2. The number of anilines is 1. The van der Waals surface area contributed by atoms with Gasteiger partial charge in [-0.05, 0) is 38.5 Å². The van der Waals surface area contributed by atoms with Crippen molar-refractivity contribution in [2.24, 2.45) is 0 Å². The Morgan fingerprint density at radius 3 is 2.62 bits per heavy atom. The molecule has 0 aliphatic carbocycles. The van der Waals surface area contributed by atoms with Crippen LogP contribution in [0.3, 0.4) is 0 Å². The number of hydrogen-bond donors (Lipinski definition) is 0. The summed E-state index contributed by atoms with van der Waals surface area (Å²) in [5, 5.41) is 0.0128. The van der Waals surface area contributed by atoms with Crippen LogP contribution in [0.2, 0.25) is 5.02 Å². The van der Waals surface area contributed by atoms with E-state index in [1.807, 2.05) is 18.7 Å². The van der Waals surface area contributed by atoms with Crippen LogP contribution in [-0.4, -0.2) is 101 Å². The van der Waals surface area contributed by atoms with Crippen LogP contribution >= 0.6 is 11.6 Å². The third kappa shape index (κ3) is 4.90. The fourth-order valence-electron chi connectivity index (χ4n) is 6.70.